The molecule has 3 saturated heterocycles. The molecule has 0 aliphatic carbocycles. The molecule has 0 saturated carbocycles. The monoisotopic (exact) mass is 507 g/mol. The van der Waals surface area contributed by atoms with Gasteiger partial charge in [0.15, 0.2) is 0 Å². The molecule has 2 bridgehead atoms. The summed E-state index contributed by atoms with van der Waals surface area (Å²) < 4.78 is -0.705. The summed E-state index contributed by atoms with van der Waals surface area (Å²) in [4.78, 5) is 42.7. The Kier molecular flexibility index (Phi) is 6.83. The van der Waals surface area contributed by atoms with Crippen LogP contribution in [0.2, 0.25) is 0 Å². The number of nitrogens with one attached hydrogen (secondary N) is 2. The Morgan fingerprint density at radius 2 is 1.72 bits per heavy atom. The Morgan fingerprint density at radius 3 is 2.33 bits per heavy atom. The molecule has 3 fully saturated rings. The third-order valence-electron chi connectivity index (χ3n) is 8.21. The first-order valence-electron chi connectivity index (χ1n) is 12.6. The van der Waals surface area contributed by atoms with Crippen molar-refractivity contribution in [3.05, 3.63) is 71.8 Å². The predicted octanol–water partition coefficient (Wildman–Crippen LogP) is 1.99. The summed E-state index contributed by atoms with van der Waals surface area (Å²) in [5.74, 6) is -1.55. The Balaban J connectivity index is 1.53. The number of hydrogen-bond donors (Lipinski definition) is 3. The van der Waals surface area contributed by atoms with Crippen molar-refractivity contribution in [1.82, 2.24) is 15.5 Å². The predicted molar refractivity (Wildman–Crippen MR) is 139 cm³/mol. The number of fused-ring (bicyclic) bond motifs is 1. The highest BCUT2D eigenvalue weighted by atomic mass is 32.2. The molecule has 3 unspecified atom stereocenters. The van der Waals surface area contributed by atoms with Crippen LogP contribution in [0.25, 0.3) is 0 Å². The van der Waals surface area contributed by atoms with E-state index in [9.17, 15) is 19.5 Å². The molecule has 36 heavy (non-hydrogen) atoms. The number of amides is 3. The van der Waals surface area contributed by atoms with Gasteiger partial charge in [0.1, 0.15) is 6.04 Å². The van der Waals surface area contributed by atoms with Crippen LogP contribution in [-0.4, -0.2) is 63.5 Å². The molecule has 3 N–H and O–H groups in total. The van der Waals surface area contributed by atoms with E-state index in [0.29, 0.717) is 13.0 Å². The van der Waals surface area contributed by atoms with Gasteiger partial charge >= 0.3 is 0 Å². The summed E-state index contributed by atoms with van der Waals surface area (Å²) in [7, 11) is 1.60. The van der Waals surface area contributed by atoms with Gasteiger partial charge in [-0.1, -0.05) is 67.6 Å². The van der Waals surface area contributed by atoms with Gasteiger partial charge in [-0.25, -0.2) is 0 Å². The topological polar surface area (TPSA) is 98.7 Å². The molecule has 5 rings (SSSR count). The van der Waals surface area contributed by atoms with Gasteiger partial charge in [-0.3, -0.25) is 14.4 Å². The molecule has 1 spiro atoms. The van der Waals surface area contributed by atoms with E-state index in [1.165, 1.54) is 0 Å². The number of likely N-dealkylation sites (tertiary alicyclic amines) is 1. The number of aliphatic hydroxyl groups excluding tert-OH is 1. The summed E-state index contributed by atoms with van der Waals surface area (Å²) >= 11 is 1.64. The van der Waals surface area contributed by atoms with Gasteiger partial charge in [0.05, 0.1) is 29.2 Å². The minimum atomic E-state index is -0.765. The quantitative estimate of drug-likeness (QED) is 0.508. The molecule has 3 aliphatic heterocycles. The summed E-state index contributed by atoms with van der Waals surface area (Å²) in [5, 5.41) is 16.3. The maximum Gasteiger partial charge on any atom is 0.244 e. The molecule has 2 aromatic rings. The van der Waals surface area contributed by atoms with Crippen molar-refractivity contribution < 1.29 is 19.5 Å². The Labute approximate surface area is 216 Å². The van der Waals surface area contributed by atoms with Crippen molar-refractivity contribution in [1.29, 1.82) is 0 Å². The lowest BCUT2D eigenvalue weighted by Gasteiger charge is -2.40. The van der Waals surface area contributed by atoms with Gasteiger partial charge in [0, 0.05) is 18.8 Å². The Morgan fingerprint density at radius 1 is 1.08 bits per heavy atom. The van der Waals surface area contributed by atoms with E-state index in [0.717, 1.165) is 17.5 Å². The van der Waals surface area contributed by atoms with Crippen LogP contribution in [0.5, 0.6) is 0 Å². The van der Waals surface area contributed by atoms with Crippen LogP contribution in [0.1, 0.15) is 24.5 Å². The van der Waals surface area contributed by atoms with Crippen LogP contribution >= 0.6 is 11.8 Å². The molecule has 0 aromatic heterocycles. The zero-order valence-electron chi connectivity index (χ0n) is 20.6. The number of carbonyl (C=O) groups is 3. The van der Waals surface area contributed by atoms with Crippen LogP contribution in [0.3, 0.4) is 0 Å². The second-order valence-electron chi connectivity index (χ2n) is 10.1. The number of nitrogens with zero attached hydrogens (tertiary/aromatic N) is 1. The third-order valence-corrected chi connectivity index (χ3v) is 10.3. The van der Waals surface area contributed by atoms with Crippen molar-refractivity contribution in [2.45, 2.75) is 48.4 Å². The Hall–Kier alpha value is -2.84. The largest absolute Gasteiger partial charge is 0.394 e. The van der Waals surface area contributed by atoms with E-state index < -0.39 is 28.7 Å². The maximum atomic E-state index is 14.2. The van der Waals surface area contributed by atoms with Crippen LogP contribution in [0.15, 0.2) is 60.7 Å². The SMILES string of the molecule is CNC(=O)[C@@H]1[C@H]2C(=O)N([C@@H](CO)Cc3ccccc3)C(C(=O)NCc3ccccc3)C23S[C@@H]1CC3C. The summed E-state index contributed by atoms with van der Waals surface area (Å²) in [6.07, 6.45) is 1.22. The molecule has 190 valence electrons. The highest BCUT2D eigenvalue weighted by Crippen LogP contribution is 2.68. The average molecular weight is 508 g/mol. The summed E-state index contributed by atoms with van der Waals surface area (Å²) in [5.41, 5.74) is 1.95. The lowest BCUT2D eigenvalue weighted by molar-refractivity contribution is -0.142. The van der Waals surface area contributed by atoms with Crippen molar-refractivity contribution in [3.63, 3.8) is 0 Å². The lowest BCUT2D eigenvalue weighted by Crippen LogP contribution is -2.58. The standard InChI is InChI=1S/C28H33N3O4S/c1-17-13-21-22(25(33)29-2)23-27(35)31(20(16-32)14-18-9-5-3-6-10-18)24(28(17,23)36-21)26(34)30-15-19-11-7-4-8-12-19/h3-12,17,20-24,32H,13-16H2,1-2H3,(H,29,33)(H,30,34)/t17?,20-,21-,22+,23+,24?,28?/m1/s1. The number of aliphatic hydroxyl groups is 1. The van der Waals surface area contributed by atoms with Crippen LogP contribution < -0.4 is 10.6 Å². The first-order chi connectivity index (χ1) is 17.4. The number of benzene rings is 2. The fourth-order valence-electron chi connectivity index (χ4n) is 6.64. The smallest absolute Gasteiger partial charge is 0.244 e. The average Bonchev–Trinajstić information content (AvgIpc) is 3.50. The molecule has 3 aliphatic rings. The summed E-state index contributed by atoms with van der Waals surface area (Å²) in [6, 6.07) is 18.0. The molecule has 7 atom stereocenters. The molecule has 0 radical (unpaired) electrons. The number of hydrogen-bond acceptors (Lipinski definition) is 5. The van der Waals surface area contributed by atoms with Crippen molar-refractivity contribution in [2.75, 3.05) is 13.7 Å². The molecular weight excluding hydrogens is 474 g/mol. The fraction of sp³-hybridized carbons (Fsp3) is 0.464. The van der Waals surface area contributed by atoms with E-state index in [1.54, 1.807) is 23.7 Å². The number of rotatable bonds is 8. The van der Waals surface area contributed by atoms with Gasteiger partial charge in [-0.05, 0) is 29.9 Å². The van der Waals surface area contributed by atoms with E-state index in [-0.39, 0.29) is 35.5 Å². The molecule has 8 heteroatoms. The first kappa shape index (κ1) is 24.8. The lowest BCUT2D eigenvalue weighted by atomic mass is 9.66. The van der Waals surface area contributed by atoms with E-state index in [4.69, 9.17) is 0 Å². The first-order valence-corrected chi connectivity index (χ1v) is 13.5. The van der Waals surface area contributed by atoms with Crippen LogP contribution in [-0.2, 0) is 27.3 Å². The van der Waals surface area contributed by atoms with Gasteiger partial charge in [-0.15, -0.1) is 11.8 Å². The van der Waals surface area contributed by atoms with Crippen molar-refractivity contribution in [2.24, 2.45) is 17.8 Å². The minimum Gasteiger partial charge on any atom is -0.394 e. The van der Waals surface area contributed by atoms with Gasteiger partial charge in [0.2, 0.25) is 17.7 Å². The van der Waals surface area contributed by atoms with Crippen LogP contribution in [0.4, 0.5) is 0 Å². The van der Waals surface area contributed by atoms with Crippen molar-refractivity contribution in [3.8, 4) is 0 Å². The maximum absolute atomic E-state index is 14.2. The normalized spacial score (nSPS) is 31.2. The minimum absolute atomic E-state index is 0.00201. The van der Waals surface area contributed by atoms with Crippen molar-refractivity contribution >= 4 is 29.5 Å². The number of thioether (sulfide) groups is 1. The van der Waals surface area contributed by atoms with Gasteiger partial charge in [0.25, 0.3) is 0 Å². The molecule has 3 amide bonds. The van der Waals surface area contributed by atoms with Gasteiger partial charge in [-0.2, -0.15) is 0 Å². The summed E-state index contributed by atoms with van der Waals surface area (Å²) in [6.45, 7) is 2.18. The molecular formula is C28H33N3O4S. The zero-order chi connectivity index (χ0) is 25.4. The molecule has 7 nitrogen and oxygen atoms in total. The second-order valence-corrected chi connectivity index (χ2v) is 11.7. The van der Waals surface area contributed by atoms with E-state index in [2.05, 4.69) is 17.6 Å². The zero-order valence-corrected chi connectivity index (χ0v) is 21.4. The Bertz CT molecular complexity index is 1130. The molecule has 3 heterocycles. The van der Waals surface area contributed by atoms with E-state index in [1.807, 2.05) is 60.7 Å². The highest BCUT2D eigenvalue weighted by molar-refractivity contribution is 8.02. The van der Waals surface area contributed by atoms with Gasteiger partial charge < -0.3 is 20.6 Å². The second kappa shape index (κ2) is 9.90. The third kappa shape index (κ3) is 3.91. The molecule has 2 aromatic carbocycles. The highest BCUT2D eigenvalue weighted by Gasteiger charge is 2.76. The van der Waals surface area contributed by atoms with Crippen LogP contribution in [0, 0.1) is 17.8 Å². The number of carbonyl (C=O) groups excluding carboxylic acids is 3. The fourth-order valence-corrected chi connectivity index (χ4v) is 9.05. The van der Waals surface area contributed by atoms with E-state index >= 15 is 0 Å².